The minimum atomic E-state index is -0.156. The van der Waals surface area contributed by atoms with Gasteiger partial charge in [0.2, 0.25) is 0 Å². The molecule has 0 heterocycles. The topological polar surface area (TPSA) is 55.1 Å². The Kier molecular flexibility index (Phi) is 4.55. The number of nitrogens with two attached hydrogens (primary N) is 1. The second-order valence-electron chi connectivity index (χ2n) is 3.72. The van der Waals surface area contributed by atoms with Gasteiger partial charge in [0.1, 0.15) is 0 Å². The number of nitrogen functional groups attached to an aromatic ring is 1. The Balaban J connectivity index is 2.73. The van der Waals surface area contributed by atoms with Crippen molar-refractivity contribution in [1.82, 2.24) is 5.32 Å². The van der Waals surface area contributed by atoms with Crippen LogP contribution >= 0.6 is 15.9 Å². The first-order chi connectivity index (χ1) is 7.50. The van der Waals surface area contributed by atoms with Gasteiger partial charge in [0.15, 0.2) is 0 Å². The van der Waals surface area contributed by atoms with Crippen molar-refractivity contribution in [3.8, 4) is 0 Å². The van der Waals surface area contributed by atoms with E-state index in [1.54, 1.807) is 12.1 Å². The Morgan fingerprint density at radius 1 is 1.50 bits per heavy atom. The molecular weight excluding hydrogens is 268 g/mol. The Morgan fingerprint density at radius 3 is 2.81 bits per heavy atom. The van der Waals surface area contributed by atoms with Gasteiger partial charge in [-0.1, -0.05) is 27.6 Å². The molecule has 86 valence electrons. The molecule has 0 bridgehead atoms. The molecule has 0 radical (unpaired) electrons. The minimum Gasteiger partial charge on any atom is -0.398 e. The monoisotopic (exact) mass is 282 g/mol. The summed E-state index contributed by atoms with van der Waals surface area (Å²) >= 11 is 3.31. The summed E-state index contributed by atoms with van der Waals surface area (Å²) in [6, 6.07) is 5.23. The van der Waals surface area contributed by atoms with Gasteiger partial charge in [-0.25, -0.2) is 0 Å². The summed E-state index contributed by atoms with van der Waals surface area (Å²) < 4.78 is 0.842. The van der Waals surface area contributed by atoms with Gasteiger partial charge in [-0.15, -0.1) is 0 Å². The molecule has 0 aliphatic heterocycles. The largest absolute Gasteiger partial charge is 0.398 e. The van der Waals surface area contributed by atoms with Crippen LogP contribution in [0.15, 0.2) is 34.3 Å². The normalized spacial score (nSPS) is 9.69. The van der Waals surface area contributed by atoms with Gasteiger partial charge < -0.3 is 11.1 Å². The molecule has 0 aromatic heterocycles. The Bertz CT molecular complexity index is 423. The lowest BCUT2D eigenvalue weighted by molar-refractivity contribution is 0.0959. The number of amides is 1. The summed E-state index contributed by atoms with van der Waals surface area (Å²) in [4.78, 5) is 11.8. The highest BCUT2D eigenvalue weighted by atomic mass is 79.9. The van der Waals surface area contributed by atoms with Crippen LogP contribution in [0.3, 0.4) is 0 Å². The molecule has 0 unspecified atom stereocenters. The second kappa shape index (κ2) is 5.70. The number of nitrogens with one attached hydrogen (secondary N) is 1. The van der Waals surface area contributed by atoms with E-state index in [9.17, 15) is 4.79 Å². The predicted molar refractivity (Wildman–Crippen MR) is 70.3 cm³/mol. The summed E-state index contributed by atoms with van der Waals surface area (Å²) in [6.07, 6.45) is 1.95. The number of halogens is 1. The fourth-order valence-corrected chi connectivity index (χ4v) is 1.53. The van der Waals surface area contributed by atoms with Crippen molar-refractivity contribution in [3.63, 3.8) is 0 Å². The minimum absolute atomic E-state index is 0.156. The lowest BCUT2D eigenvalue weighted by Crippen LogP contribution is -2.24. The third-order valence-corrected chi connectivity index (χ3v) is 2.53. The van der Waals surface area contributed by atoms with Crippen LogP contribution in [0.1, 0.15) is 24.2 Å². The fourth-order valence-electron chi connectivity index (χ4n) is 1.17. The standard InChI is InChI=1S/C12H15BrN2O/c1-8(2)5-6-15-12(16)10-7-9(13)3-4-11(10)14/h3-5,7H,6,14H2,1-2H3,(H,15,16). The number of hydrogen-bond acceptors (Lipinski definition) is 2. The first-order valence-corrected chi connectivity index (χ1v) is 5.76. The first kappa shape index (κ1) is 12.8. The van der Waals surface area contributed by atoms with Crippen LogP contribution in [-0.2, 0) is 0 Å². The quantitative estimate of drug-likeness (QED) is 0.662. The smallest absolute Gasteiger partial charge is 0.253 e. The van der Waals surface area contributed by atoms with E-state index >= 15 is 0 Å². The zero-order chi connectivity index (χ0) is 12.1. The number of carbonyl (C=O) groups excluding carboxylic acids is 1. The van der Waals surface area contributed by atoms with E-state index in [0.717, 1.165) is 4.47 Å². The molecule has 1 aromatic rings. The second-order valence-corrected chi connectivity index (χ2v) is 4.64. The summed E-state index contributed by atoms with van der Waals surface area (Å²) in [5.74, 6) is -0.156. The molecule has 4 heteroatoms. The van der Waals surface area contributed by atoms with Crippen LogP contribution < -0.4 is 11.1 Å². The highest BCUT2D eigenvalue weighted by Crippen LogP contribution is 2.18. The van der Waals surface area contributed by atoms with Crippen molar-refractivity contribution >= 4 is 27.5 Å². The number of carbonyl (C=O) groups is 1. The molecule has 0 saturated carbocycles. The van der Waals surface area contributed by atoms with Gasteiger partial charge >= 0.3 is 0 Å². The molecule has 0 saturated heterocycles. The van der Waals surface area contributed by atoms with Crippen LogP contribution in [0.25, 0.3) is 0 Å². The van der Waals surface area contributed by atoms with Crippen LogP contribution in [-0.4, -0.2) is 12.5 Å². The summed E-state index contributed by atoms with van der Waals surface area (Å²) in [6.45, 7) is 4.49. The average Bonchev–Trinajstić information content (AvgIpc) is 2.21. The summed E-state index contributed by atoms with van der Waals surface area (Å²) in [5.41, 5.74) is 7.87. The first-order valence-electron chi connectivity index (χ1n) is 4.97. The molecule has 1 amide bonds. The summed E-state index contributed by atoms with van der Waals surface area (Å²) in [5, 5.41) is 2.78. The molecule has 1 aromatic carbocycles. The maximum atomic E-state index is 11.8. The van der Waals surface area contributed by atoms with E-state index in [4.69, 9.17) is 5.73 Å². The van der Waals surface area contributed by atoms with Gasteiger partial charge in [0.25, 0.3) is 5.91 Å². The fraction of sp³-hybridized carbons (Fsp3) is 0.250. The van der Waals surface area contributed by atoms with Gasteiger partial charge in [-0.05, 0) is 32.0 Å². The van der Waals surface area contributed by atoms with Gasteiger partial charge in [0.05, 0.1) is 5.56 Å². The number of anilines is 1. The van der Waals surface area contributed by atoms with Gasteiger partial charge in [-0.2, -0.15) is 0 Å². The lowest BCUT2D eigenvalue weighted by atomic mass is 10.1. The molecule has 0 atom stereocenters. The maximum absolute atomic E-state index is 11.8. The number of hydrogen-bond donors (Lipinski definition) is 2. The van der Waals surface area contributed by atoms with E-state index in [-0.39, 0.29) is 5.91 Å². The number of rotatable bonds is 3. The predicted octanol–water partition coefficient (Wildman–Crippen LogP) is 2.73. The molecule has 0 fully saturated rings. The van der Waals surface area contributed by atoms with E-state index in [0.29, 0.717) is 17.8 Å². The van der Waals surface area contributed by atoms with Gasteiger partial charge in [-0.3, -0.25) is 4.79 Å². The van der Waals surface area contributed by atoms with Crippen molar-refractivity contribution < 1.29 is 4.79 Å². The zero-order valence-corrected chi connectivity index (χ0v) is 11.0. The molecule has 1 rings (SSSR count). The third-order valence-electron chi connectivity index (χ3n) is 2.03. The summed E-state index contributed by atoms with van der Waals surface area (Å²) in [7, 11) is 0. The van der Waals surface area contributed by atoms with E-state index in [2.05, 4.69) is 21.2 Å². The average molecular weight is 283 g/mol. The molecule has 3 N–H and O–H groups in total. The third kappa shape index (κ3) is 3.70. The van der Waals surface area contributed by atoms with Crippen molar-refractivity contribution in [2.45, 2.75) is 13.8 Å². The lowest BCUT2D eigenvalue weighted by Gasteiger charge is -2.06. The molecular formula is C12H15BrN2O. The van der Waals surface area contributed by atoms with Crippen molar-refractivity contribution in [2.24, 2.45) is 0 Å². The van der Waals surface area contributed by atoms with E-state index < -0.39 is 0 Å². The molecule has 0 aliphatic carbocycles. The van der Waals surface area contributed by atoms with Crippen molar-refractivity contribution in [3.05, 3.63) is 39.9 Å². The van der Waals surface area contributed by atoms with Crippen LogP contribution in [0.2, 0.25) is 0 Å². The van der Waals surface area contributed by atoms with Crippen molar-refractivity contribution in [2.75, 3.05) is 12.3 Å². The van der Waals surface area contributed by atoms with Crippen LogP contribution in [0, 0.1) is 0 Å². The molecule has 0 aliphatic rings. The van der Waals surface area contributed by atoms with Crippen molar-refractivity contribution in [1.29, 1.82) is 0 Å². The highest BCUT2D eigenvalue weighted by Gasteiger charge is 2.08. The van der Waals surface area contributed by atoms with Gasteiger partial charge in [0, 0.05) is 16.7 Å². The maximum Gasteiger partial charge on any atom is 0.253 e. The zero-order valence-electron chi connectivity index (χ0n) is 9.38. The SMILES string of the molecule is CC(C)=CCNC(=O)c1cc(Br)ccc1N. The Hall–Kier alpha value is -1.29. The number of benzene rings is 1. The van der Waals surface area contributed by atoms with E-state index in [1.165, 1.54) is 5.57 Å². The highest BCUT2D eigenvalue weighted by molar-refractivity contribution is 9.10. The molecule has 16 heavy (non-hydrogen) atoms. The Labute approximate surface area is 104 Å². The van der Waals surface area contributed by atoms with Crippen LogP contribution in [0.5, 0.6) is 0 Å². The number of allylic oxidation sites excluding steroid dienone is 1. The Morgan fingerprint density at radius 2 is 2.19 bits per heavy atom. The molecule has 3 nitrogen and oxygen atoms in total. The molecule has 0 spiro atoms. The van der Waals surface area contributed by atoms with Crippen LogP contribution in [0.4, 0.5) is 5.69 Å². The van der Waals surface area contributed by atoms with E-state index in [1.807, 2.05) is 26.0 Å².